The molecule has 1 fully saturated rings. The van der Waals surface area contributed by atoms with E-state index in [-0.39, 0.29) is 0 Å². The Morgan fingerprint density at radius 1 is 1.17 bits per heavy atom. The zero-order valence-corrected chi connectivity index (χ0v) is 8.21. The fourth-order valence-electron chi connectivity index (χ4n) is 2.13. The van der Waals surface area contributed by atoms with Crippen molar-refractivity contribution in [2.24, 2.45) is 11.8 Å². The molecule has 0 heterocycles. The van der Waals surface area contributed by atoms with E-state index < -0.39 is 0 Å². The summed E-state index contributed by atoms with van der Waals surface area (Å²) < 4.78 is 0. The van der Waals surface area contributed by atoms with E-state index in [1.54, 1.807) is 0 Å². The first-order valence-electron chi connectivity index (χ1n) is 5.13. The summed E-state index contributed by atoms with van der Waals surface area (Å²) in [5.74, 6) is 1.69. The number of hydrogen-bond acceptors (Lipinski definition) is 2. The first-order valence-corrected chi connectivity index (χ1v) is 5.13. The molecule has 1 rings (SSSR count). The van der Waals surface area contributed by atoms with Gasteiger partial charge in [-0.1, -0.05) is 26.7 Å². The van der Waals surface area contributed by atoms with Crippen LogP contribution in [0.25, 0.3) is 0 Å². The standard InChI is InChI=1S/C10H21NO/c1-8(2)9-4-3-5-10(11-12)7-6-9/h8-12H,3-7H2,1-2H3. The van der Waals surface area contributed by atoms with E-state index in [1.165, 1.54) is 19.3 Å². The van der Waals surface area contributed by atoms with Crippen molar-refractivity contribution in [3.8, 4) is 0 Å². The number of hydrogen-bond donors (Lipinski definition) is 2. The Morgan fingerprint density at radius 3 is 2.50 bits per heavy atom. The van der Waals surface area contributed by atoms with Crippen LogP contribution in [0.3, 0.4) is 0 Å². The van der Waals surface area contributed by atoms with Crippen LogP contribution in [0.1, 0.15) is 46.0 Å². The zero-order valence-electron chi connectivity index (χ0n) is 8.21. The molecule has 0 aromatic carbocycles. The van der Waals surface area contributed by atoms with Crippen molar-refractivity contribution in [1.82, 2.24) is 5.48 Å². The zero-order chi connectivity index (χ0) is 8.97. The second kappa shape index (κ2) is 4.83. The minimum atomic E-state index is 0.355. The van der Waals surface area contributed by atoms with E-state index in [4.69, 9.17) is 5.21 Å². The molecule has 0 aromatic rings. The molecule has 0 aliphatic heterocycles. The summed E-state index contributed by atoms with van der Waals surface area (Å²) in [7, 11) is 0. The lowest BCUT2D eigenvalue weighted by Crippen LogP contribution is -2.24. The van der Waals surface area contributed by atoms with E-state index in [0.29, 0.717) is 6.04 Å². The van der Waals surface area contributed by atoms with E-state index in [1.807, 2.05) is 0 Å². The molecule has 0 spiro atoms. The summed E-state index contributed by atoms with van der Waals surface area (Å²) in [5.41, 5.74) is 2.40. The molecule has 12 heavy (non-hydrogen) atoms. The first kappa shape index (κ1) is 10.0. The molecular weight excluding hydrogens is 150 g/mol. The third-order valence-electron chi connectivity index (χ3n) is 3.14. The molecule has 1 saturated carbocycles. The maximum Gasteiger partial charge on any atom is 0.0319 e. The van der Waals surface area contributed by atoms with Gasteiger partial charge in [0.1, 0.15) is 0 Å². The third kappa shape index (κ3) is 2.76. The summed E-state index contributed by atoms with van der Waals surface area (Å²) in [4.78, 5) is 0. The SMILES string of the molecule is CC(C)C1CCCC(NO)CC1. The topological polar surface area (TPSA) is 32.3 Å². The van der Waals surface area contributed by atoms with Crippen LogP contribution in [0.5, 0.6) is 0 Å². The second-order valence-electron chi connectivity index (χ2n) is 4.34. The summed E-state index contributed by atoms with van der Waals surface area (Å²) in [6.07, 6.45) is 6.16. The molecule has 2 N–H and O–H groups in total. The van der Waals surface area contributed by atoms with E-state index in [0.717, 1.165) is 24.7 Å². The Bertz CT molecular complexity index is 125. The summed E-state index contributed by atoms with van der Waals surface area (Å²) in [6.45, 7) is 4.61. The summed E-state index contributed by atoms with van der Waals surface area (Å²) >= 11 is 0. The summed E-state index contributed by atoms with van der Waals surface area (Å²) in [6, 6.07) is 0.355. The van der Waals surface area contributed by atoms with Crippen LogP contribution in [-0.2, 0) is 0 Å². The highest BCUT2D eigenvalue weighted by Crippen LogP contribution is 2.28. The fourth-order valence-corrected chi connectivity index (χ4v) is 2.13. The Hall–Kier alpha value is -0.0800. The normalized spacial score (nSPS) is 32.0. The predicted molar refractivity (Wildman–Crippen MR) is 50.1 cm³/mol. The van der Waals surface area contributed by atoms with Crippen molar-refractivity contribution in [2.75, 3.05) is 0 Å². The second-order valence-corrected chi connectivity index (χ2v) is 4.34. The van der Waals surface area contributed by atoms with Gasteiger partial charge in [-0.2, -0.15) is 0 Å². The minimum absolute atomic E-state index is 0.355. The van der Waals surface area contributed by atoms with Crippen molar-refractivity contribution in [2.45, 2.75) is 52.0 Å². The Morgan fingerprint density at radius 2 is 1.92 bits per heavy atom. The maximum atomic E-state index is 8.79. The highest BCUT2D eigenvalue weighted by Gasteiger charge is 2.20. The molecule has 0 bridgehead atoms. The van der Waals surface area contributed by atoms with Crippen molar-refractivity contribution >= 4 is 0 Å². The van der Waals surface area contributed by atoms with Crippen molar-refractivity contribution in [3.63, 3.8) is 0 Å². The van der Waals surface area contributed by atoms with E-state index in [2.05, 4.69) is 19.3 Å². The lowest BCUT2D eigenvalue weighted by atomic mass is 9.89. The van der Waals surface area contributed by atoms with Gasteiger partial charge in [-0.05, 0) is 31.1 Å². The van der Waals surface area contributed by atoms with Gasteiger partial charge in [-0.3, -0.25) is 0 Å². The van der Waals surface area contributed by atoms with E-state index >= 15 is 0 Å². The molecule has 2 heteroatoms. The number of hydroxylamine groups is 1. The van der Waals surface area contributed by atoms with Gasteiger partial charge in [0, 0.05) is 6.04 Å². The molecule has 2 nitrogen and oxygen atoms in total. The average Bonchev–Trinajstić information content (AvgIpc) is 2.28. The van der Waals surface area contributed by atoms with Gasteiger partial charge in [0.15, 0.2) is 0 Å². The van der Waals surface area contributed by atoms with Gasteiger partial charge >= 0.3 is 0 Å². The first-order chi connectivity index (χ1) is 5.74. The van der Waals surface area contributed by atoms with Crippen LogP contribution in [0.15, 0.2) is 0 Å². The smallest absolute Gasteiger partial charge is 0.0319 e. The van der Waals surface area contributed by atoms with Crippen LogP contribution in [0, 0.1) is 11.8 Å². The molecule has 1 aliphatic rings. The van der Waals surface area contributed by atoms with Gasteiger partial charge in [0.25, 0.3) is 0 Å². The van der Waals surface area contributed by atoms with Crippen molar-refractivity contribution < 1.29 is 5.21 Å². The molecule has 2 unspecified atom stereocenters. The quantitative estimate of drug-likeness (QED) is 0.494. The van der Waals surface area contributed by atoms with Gasteiger partial charge in [0.2, 0.25) is 0 Å². The maximum absolute atomic E-state index is 8.79. The molecule has 1 aliphatic carbocycles. The highest BCUT2D eigenvalue weighted by atomic mass is 16.5. The van der Waals surface area contributed by atoms with Gasteiger partial charge < -0.3 is 5.21 Å². The van der Waals surface area contributed by atoms with Gasteiger partial charge in [-0.15, -0.1) is 0 Å². The monoisotopic (exact) mass is 171 g/mol. The molecule has 0 saturated heterocycles. The van der Waals surface area contributed by atoms with Crippen LogP contribution in [0.4, 0.5) is 0 Å². The van der Waals surface area contributed by atoms with Crippen LogP contribution < -0.4 is 5.48 Å². The Labute approximate surface area is 75.3 Å². The van der Waals surface area contributed by atoms with Crippen molar-refractivity contribution in [1.29, 1.82) is 0 Å². The Kier molecular flexibility index (Phi) is 4.02. The lowest BCUT2D eigenvalue weighted by Gasteiger charge is -2.18. The Balaban J connectivity index is 2.34. The number of nitrogens with one attached hydrogen (secondary N) is 1. The third-order valence-corrected chi connectivity index (χ3v) is 3.14. The molecule has 0 aromatic heterocycles. The molecule has 2 atom stereocenters. The molecule has 72 valence electrons. The summed E-state index contributed by atoms with van der Waals surface area (Å²) in [5, 5.41) is 8.79. The van der Waals surface area contributed by atoms with Gasteiger partial charge in [-0.25, -0.2) is 5.48 Å². The fraction of sp³-hybridized carbons (Fsp3) is 1.00. The van der Waals surface area contributed by atoms with Crippen LogP contribution >= 0.6 is 0 Å². The van der Waals surface area contributed by atoms with E-state index in [9.17, 15) is 0 Å². The average molecular weight is 171 g/mol. The minimum Gasteiger partial charge on any atom is -0.317 e. The van der Waals surface area contributed by atoms with Crippen LogP contribution in [0.2, 0.25) is 0 Å². The van der Waals surface area contributed by atoms with Crippen LogP contribution in [-0.4, -0.2) is 11.2 Å². The highest BCUT2D eigenvalue weighted by molar-refractivity contribution is 4.74. The molecule has 0 amide bonds. The predicted octanol–water partition coefficient (Wildman–Crippen LogP) is 2.57. The van der Waals surface area contributed by atoms with Crippen molar-refractivity contribution in [3.05, 3.63) is 0 Å². The number of rotatable bonds is 2. The molecular formula is C10H21NO. The largest absolute Gasteiger partial charge is 0.317 e. The lowest BCUT2D eigenvalue weighted by molar-refractivity contribution is 0.117. The molecule has 0 radical (unpaired) electrons. The van der Waals surface area contributed by atoms with Gasteiger partial charge in [0.05, 0.1) is 0 Å².